The van der Waals surface area contributed by atoms with Crippen molar-refractivity contribution in [2.75, 3.05) is 0 Å². The molecule has 0 aliphatic rings. The predicted molar refractivity (Wildman–Crippen MR) is 105 cm³/mol. The van der Waals surface area contributed by atoms with Crippen LogP contribution in [0, 0.1) is 0 Å². The molecule has 0 radical (unpaired) electrons. The summed E-state index contributed by atoms with van der Waals surface area (Å²) < 4.78 is 6.86. The standard InChI is InChI=1S/C20H18BrNO.ClH/c21-19-11-16(13-22)10-18(12-19)17-6-8-20(9-7-17)23-14-15-4-2-1-3-5-15;/h1-12H,13-14,22H2;1H. The Morgan fingerprint density at radius 1 is 0.792 bits per heavy atom. The molecule has 0 bridgehead atoms. The minimum absolute atomic E-state index is 0. The summed E-state index contributed by atoms with van der Waals surface area (Å²) in [5, 5.41) is 0. The van der Waals surface area contributed by atoms with Crippen molar-refractivity contribution < 1.29 is 4.74 Å². The number of ether oxygens (including phenoxy) is 1. The van der Waals surface area contributed by atoms with E-state index in [-0.39, 0.29) is 12.4 Å². The first kappa shape index (κ1) is 18.5. The molecule has 0 aromatic heterocycles. The van der Waals surface area contributed by atoms with Gasteiger partial charge in [0.05, 0.1) is 0 Å². The van der Waals surface area contributed by atoms with Gasteiger partial charge in [-0.25, -0.2) is 0 Å². The van der Waals surface area contributed by atoms with Crippen molar-refractivity contribution >= 4 is 28.3 Å². The maximum Gasteiger partial charge on any atom is 0.119 e. The maximum atomic E-state index is 5.82. The first-order valence-electron chi connectivity index (χ1n) is 7.51. The average Bonchev–Trinajstić information content (AvgIpc) is 2.60. The van der Waals surface area contributed by atoms with Crippen molar-refractivity contribution in [2.45, 2.75) is 13.2 Å². The third kappa shape index (κ3) is 4.84. The molecule has 0 saturated carbocycles. The number of halogens is 2. The lowest BCUT2D eigenvalue weighted by atomic mass is 10.0. The highest BCUT2D eigenvalue weighted by molar-refractivity contribution is 9.10. The zero-order chi connectivity index (χ0) is 16.1. The first-order valence-corrected chi connectivity index (χ1v) is 8.30. The second-order valence-electron chi connectivity index (χ2n) is 5.35. The Bertz CT molecular complexity index is 775. The van der Waals surface area contributed by atoms with E-state index in [9.17, 15) is 0 Å². The Kier molecular flexibility index (Phi) is 6.85. The summed E-state index contributed by atoms with van der Waals surface area (Å²) in [4.78, 5) is 0. The quantitative estimate of drug-likeness (QED) is 0.603. The molecule has 0 atom stereocenters. The van der Waals surface area contributed by atoms with Crippen LogP contribution in [0.25, 0.3) is 11.1 Å². The number of hydrogen-bond acceptors (Lipinski definition) is 2. The Morgan fingerprint density at radius 2 is 1.50 bits per heavy atom. The molecular formula is C20H19BrClNO. The summed E-state index contributed by atoms with van der Waals surface area (Å²) in [6.45, 7) is 1.11. The minimum atomic E-state index is 0. The molecule has 0 fully saturated rings. The van der Waals surface area contributed by atoms with E-state index in [2.05, 4.69) is 52.3 Å². The molecular weight excluding hydrogens is 386 g/mol. The van der Waals surface area contributed by atoms with Gasteiger partial charge in [-0.3, -0.25) is 0 Å². The summed E-state index contributed by atoms with van der Waals surface area (Å²) in [6, 6.07) is 24.6. The van der Waals surface area contributed by atoms with Crippen molar-refractivity contribution in [3.05, 3.63) is 88.4 Å². The van der Waals surface area contributed by atoms with Crippen LogP contribution in [0.1, 0.15) is 11.1 Å². The molecule has 0 aliphatic heterocycles. The lowest BCUT2D eigenvalue weighted by Crippen LogP contribution is -1.96. The summed E-state index contributed by atoms with van der Waals surface area (Å²) >= 11 is 3.54. The highest BCUT2D eigenvalue weighted by atomic mass is 79.9. The van der Waals surface area contributed by atoms with Gasteiger partial charge in [-0.2, -0.15) is 0 Å². The van der Waals surface area contributed by atoms with Crippen LogP contribution in [0.4, 0.5) is 0 Å². The molecule has 4 heteroatoms. The van der Waals surface area contributed by atoms with Crippen molar-refractivity contribution in [1.29, 1.82) is 0 Å². The number of rotatable bonds is 5. The van der Waals surface area contributed by atoms with Gasteiger partial charge in [0, 0.05) is 11.0 Å². The average molecular weight is 405 g/mol. The fourth-order valence-electron chi connectivity index (χ4n) is 2.42. The minimum Gasteiger partial charge on any atom is -0.489 e. The fourth-order valence-corrected chi connectivity index (χ4v) is 2.96. The van der Waals surface area contributed by atoms with E-state index >= 15 is 0 Å². The number of hydrogen-bond donors (Lipinski definition) is 1. The third-order valence-corrected chi connectivity index (χ3v) is 4.09. The van der Waals surface area contributed by atoms with Crippen LogP contribution in [0.5, 0.6) is 5.75 Å². The number of nitrogens with two attached hydrogens (primary N) is 1. The summed E-state index contributed by atoms with van der Waals surface area (Å²) in [5.41, 5.74) is 10.3. The van der Waals surface area contributed by atoms with E-state index in [1.165, 1.54) is 0 Å². The van der Waals surface area contributed by atoms with Crippen LogP contribution < -0.4 is 10.5 Å². The van der Waals surface area contributed by atoms with Crippen LogP contribution in [-0.2, 0) is 13.2 Å². The molecule has 0 spiro atoms. The van der Waals surface area contributed by atoms with E-state index in [4.69, 9.17) is 10.5 Å². The van der Waals surface area contributed by atoms with Gasteiger partial charge in [0.1, 0.15) is 12.4 Å². The molecule has 124 valence electrons. The van der Waals surface area contributed by atoms with Crippen molar-refractivity contribution in [3.8, 4) is 16.9 Å². The van der Waals surface area contributed by atoms with Gasteiger partial charge in [0.2, 0.25) is 0 Å². The van der Waals surface area contributed by atoms with E-state index in [0.29, 0.717) is 13.2 Å². The lowest BCUT2D eigenvalue weighted by Gasteiger charge is -2.09. The molecule has 3 aromatic carbocycles. The van der Waals surface area contributed by atoms with Gasteiger partial charge in [0.25, 0.3) is 0 Å². The third-order valence-electron chi connectivity index (χ3n) is 3.63. The van der Waals surface area contributed by atoms with Crippen LogP contribution in [0.3, 0.4) is 0 Å². The topological polar surface area (TPSA) is 35.2 Å². The predicted octanol–water partition coefficient (Wildman–Crippen LogP) is 5.58. The zero-order valence-corrected chi connectivity index (χ0v) is 15.5. The maximum absolute atomic E-state index is 5.82. The fraction of sp³-hybridized carbons (Fsp3) is 0.100. The molecule has 3 aromatic rings. The Balaban J connectivity index is 0.00000208. The number of benzene rings is 3. The molecule has 0 heterocycles. The highest BCUT2D eigenvalue weighted by Gasteiger charge is 2.03. The largest absolute Gasteiger partial charge is 0.489 e. The van der Waals surface area contributed by atoms with E-state index in [1.807, 2.05) is 36.4 Å². The second kappa shape index (κ2) is 8.88. The van der Waals surface area contributed by atoms with E-state index in [1.54, 1.807) is 0 Å². The first-order chi connectivity index (χ1) is 11.2. The molecule has 0 aliphatic carbocycles. The molecule has 0 unspecified atom stereocenters. The Labute approximate surface area is 157 Å². The monoisotopic (exact) mass is 403 g/mol. The molecule has 2 nitrogen and oxygen atoms in total. The zero-order valence-electron chi connectivity index (χ0n) is 13.1. The van der Waals surface area contributed by atoms with Gasteiger partial charge < -0.3 is 10.5 Å². The van der Waals surface area contributed by atoms with Crippen LogP contribution in [0.15, 0.2) is 77.3 Å². The summed E-state index contributed by atoms with van der Waals surface area (Å²) in [6.07, 6.45) is 0. The summed E-state index contributed by atoms with van der Waals surface area (Å²) in [5.74, 6) is 0.867. The normalized spacial score (nSPS) is 10.1. The Hall–Kier alpha value is -1.81. The van der Waals surface area contributed by atoms with Crippen LogP contribution >= 0.6 is 28.3 Å². The van der Waals surface area contributed by atoms with Crippen LogP contribution in [-0.4, -0.2) is 0 Å². The van der Waals surface area contributed by atoms with Gasteiger partial charge in [-0.05, 0) is 52.6 Å². The van der Waals surface area contributed by atoms with Gasteiger partial charge in [0.15, 0.2) is 0 Å². The molecule has 3 rings (SSSR count). The smallest absolute Gasteiger partial charge is 0.119 e. The van der Waals surface area contributed by atoms with Gasteiger partial charge >= 0.3 is 0 Å². The summed E-state index contributed by atoms with van der Waals surface area (Å²) in [7, 11) is 0. The second-order valence-corrected chi connectivity index (χ2v) is 6.27. The molecule has 24 heavy (non-hydrogen) atoms. The Morgan fingerprint density at radius 3 is 2.17 bits per heavy atom. The van der Waals surface area contributed by atoms with Gasteiger partial charge in [-0.1, -0.05) is 58.4 Å². The van der Waals surface area contributed by atoms with Crippen molar-refractivity contribution in [3.63, 3.8) is 0 Å². The molecule has 2 N–H and O–H groups in total. The lowest BCUT2D eigenvalue weighted by molar-refractivity contribution is 0.306. The van der Waals surface area contributed by atoms with Crippen LogP contribution in [0.2, 0.25) is 0 Å². The van der Waals surface area contributed by atoms with E-state index in [0.717, 1.165) is 32.5 Å². The molecule has 0 amide bonds. The van der Waals surface area contributed by atoms with E-state index < -0.39 is 0 Å². The highest BCUT2D eigenvalue weighted by Crippen LogP contribution is 2.27. The molecule has 0 saturated heterocycles. The van der Waals surface area contributed by atoms with Gasteiger partial charge in [-0.15, -0.1) is 12.4 Å². The SMILES string of the molecule is Cl.NCc1cc(Br)cc(-c2ccc(OCc3ccccc3)cc2)c1. The van der Waals surface area contributed by atoms with Crippen molar-refractivity contribution in [2.24, 2.45) is 5.73 Å². The van der Waals surface area contributed by atoms with Crippen molar-refractivity contribution in [1.82, 2.24) is 0 Å².